The quantitative estimate of drug-likeness (QED) is 0.612. The number of rotatable bonds is 8. The van der Waals surface area contributed by atoms with Crippen molar-refractivity contribution in [1.29, 1.82) is 0 Å². The van der Waals surface area contributed by atoms with Gasteiger partial charge in [0.25, 0.3) is 0 Å². The Morgan fingerprint density at radius 1 is 1.23 bits per heavy atom. The van der Waals surface area contributed by atoms with Crippen LogP contribution in [-0.4, -0.2) is 67.8 Å². The Kier molecular flexibility index (Phi) is 6.88. The highest BCUT2D eigenvalue weighted by molar-refractivity contribution is 5.95. The number of hydrogen-bond donors (Lipinski definition) is 3. The van der Waals surface area contributed by atoms with E-state index in [0.717, 1.165) is 57.8 Å². The number of piperazine rings is 1. The molecule has 1 saturated heterocycles. The molecule has 2 heterocycles. The largest absolute Gasteiger partial charge is 0.390 e. The van der Waals surface area contributed by atoms with Crippen LogP contribution < -0.4 is 15.5 Å². The van der Waals surface area contributed by atoms with Gasteiger partial charge in [0, 0.05) is 57.1 Å². The maximum Gasteiger partial charge on any atom is 0.224 e. The summed E-state index contributed by atoms with van der Waals surface area (Å²) in [6.07, 6.45) is 3.42. The van der Waals surface area contributed by atoms with Crippen LogP contribution in [0.1, 0.15) is 31.7 Å². The van der Waals surface area contributed by atoms with Crippen LogP contribution in [0.2, 0.25) is 0 Å². The summed E-state index contributed by atoms with van der Waals surface area (Å²) in [6, 6.07) is 6.18. The van der Waals surface area contributed by atoms with E-state index in [1.165, 1.54) is 17.7 Å². The van der Waals surface area contributed by atoms with Gasteiger partial charge in [-0.2, -0.15) is 0 Å². The first kappa shape index (κ1) is 19.1. The average Bonchev–Trinajstić information content (AvgIpc) is 2.65. The second kappa shape index (κ2) is 9.35. The van der Waals surface area contributed by atoms with Gasteiger partial charge in [0.1, 0.15) is 0 Å². The van der Waals surface area contributed by atoms with Crippen LogP contribution in [0.5, 0.6) is 0 Å². The molecule has 3 rings (SSSR count). The van der Waals surface area contributed by atoms with E-state index in [9.17, 15) is 9.90 Å². The molecule has 1 atom stereocenters. The Hall–Kier alpha value is -1.63. The highest BCUT2D eigenvalue weighted by atomic mass is 16.3. The Morgan fingerprint density at radius 2 is 2.04 bits per heavy atom. The third-order valence-electron chi connectivity index (χ3n) is 5.30. The summed E-state index contributed by atoms with van der Waals surface area (Å²) in [4.78, 5) is 16.4. The molecule has 0 spiro atoms. The predicted molar refractivity (Wildman–Crippen MR) is 106 cm³/mol. The van der Waals surface area contributed by atoms with Crippen LogP contribution in [0.3, 0.4) is 0 Å². The number of nitrogens with one attached hydrogen (secondary N) is 2. The third kappa shape index (κ3) is 4.96. The molecule has 0 unspecified atom stereocenters. The van der Waals surface area contributed by atoms with Gasteiger partial charge in [0.2, 0.25) is 5.91 Å². The molecule has 6 heteroatoms. The molecule has 26 heavy (non-hydrogen) atoms. The van der Waals surface area contributed by atoms with Gasteiger partial charge >= 0.3 is 0 Å². The zero-order chi connectivity index (χ0) is 18.4. The first-order valence-electron chi connectivity index (χ1n) is 9.95. The minimum Gasteiger partial charge on any atom is -0.390 e. The van der Waals surface area contributed by atoms with E-state index in [1.807, 2.05) is 12.1 Å². The maximum absolute atomic E-state index is 11.6. The average molecular weight is 361 g/mol. The molecule has 1 fully saturated rings. The summed E-state index contributed by atoms with van der Waals surface area (Å²) < 4.78 is 0. The Morgan fingerprint density at radius 3 is 2.81 bits per heavy atom. The Balaban J connectivity index is 1.48. The Bertz CT molecular complexity index is 599. The van der Waals surface area contributed by atoms with E-state index in [2.05, 4.69) is 33.4 Å². The van der Waals surface area contributed by atoms with Crippen molar-refractivity contribution >= 4 is 17.3 Å². The summed E-state index contributed by atoms with van der Waals surface area (Å²) in [5, 5.41) is 16.5. The van der Waals surface area contributed by atoms with Crippen molar-refractivity contribution in [2.24, 2.45) is 0 Å². The number of aliphatic hydroxyl groups is 1. The fraction of sp³-hybridized carbons (Fsp3) is 0.650. The lowest BCUT2D eigenvalue weighted by Gasteiger charge is -2.38. The summed E-state index contributed by atoms with van der Waals surface area (Å²) in [5.41, 5.74) is 3.49. The van der Waals surface area contributed by atoms with Gasteiger partial charge in [-0.15, -0.1) is 0 Å². The molecule has 1 aromatic carbocycles. The minimum absolute atomic E-state index is 0.112. The van der Waals surface area contributed by atoms with Crippen LogP contribution in [0, 0.1) is 0 Å². The molecule has 0 radical (unpaired) electrons. The highest BCUT2D eigenvalue weighted by Crippen LogP contribution is 2.32. The van der Waals surface area contributed by atoms with Crippen LogP contribution in [0.4, 0.5) is 11.4 Å². The molecule has 1 amide bonds. The van der Waals surface area contributed by atoms with E-state index in [4.69, 9.17) is 0 Å². The number of carbonyl (C=O) groups excluding carboxylic acids is 1. The number of aliphatic hydroxyl groups excluding tert-OH is 1. The van der Waals surface area contributed by atoms with Crippen LogP contribution in [0.25, 0.3) is 0 Å². The van der Waals surface area contributed by atoms with Crippen molar-refractivity contribution in [1.82, 2.24) is 10.2 Å². The van der Waals surface area contributed by atoms with Gasteiger partial charge in [0.05, 0.1) is 6.10 Å². The van der Waals surface area contributed by atoms with E-state index in [-0.39, 0.29) is 12.0 Å². The number of β-amino-alcohol motifs (C(OH)–C–C–N with tert-alkyl or cyclic N) is 1. The number of carbonyl (C=O) groups is 1. The molecule has 0 saturated carbocycles. The lowest BCUT2D eigenvalue weighted by atomic mass is 10.00. The minimum atomic E-state index is -0.307. The monoisotopic (exact) mass is 360 g/mol. The number of unbranched alkanes of at least 4 members (excludes halogenated alkanes) is 1. The topological polar surface area (TPSA) is 67.8 Å². The van der Waals surface area contributed by atoms with E-state index >= 15 is 0 Å². The van der Waals surface area contributed by atoms with Crippen LogP contribution >= 0.6 is 0 Å². The van der Waals surface area contributed by atoms with Crippen LogP contribution in [0.15, 0.2) is 18.2 Å². The predicted octanol–water partition coefficient (Wildman–Crippen LogP) is 1.44. The second-order valence-corrected chi connectivity index (χ2v) is 7.35. The van der Waals surface area contributed by atoms with E-state index in [1.54, 1.807) is 0 Å². The van der Waals surface area contributed by atoms with E-state index < -0.39 is 0 Å². The van der Waals surface area contributed by atoms with Gasteiger partial charge < -0.3 is 20.6 Å². The van der Waals surface area contributed by atoms with Gasteiger partial charge in [-0.3, -0.25) is 9.69 Å². The molecule has 6 nitrogen and oxygen atoms in total. The fourth-order valence-electron chi connectivity index (χ4n) is 3.81. The summed E-state index contributed by atoms with van der Waals surface area (Å²) >= 11 is 0. The SMILES string of the molecule is CCCCNC[C@@H](O)CN1CCN(c2cccc3c2CCC(=O)N3)CC1. The molecule has 0 aromatic heterocycles. The molecule has 0 bridgehead atoms. The number of nitrogens with zero attached hydrogens (tertiary/aromatic N) is 2. The first-order chi connectivity index (χ1) is 12.7. The molecule has 3 N–H and O–H groups in total. The van der Waals surface area contributed by atoms with Crippen molar-refractivity contribution in [3.63, 3.8) is 0 Å². The molecular weight excluding hydrogens is 328 g/mol. The highest BCUT2D eigenvalue weighted by Gasteiger charge is 2.24. The summed E-state index contributed by atoms with van der Waals surface area (Å²) in [6.45, 7) is 8.40. The number of amides is 1. The lowest BCUT2D eigenvalue weighted by molar-refractivity contribution is -0.116. The summed E-state index contributed by atoms with van der Waals surface area (Å²) in [5.74, 6) is 0.112. The van der Waals surface area contributed by atoms with Crippen molar-refractivity contribution in [3.05, 3.63) is 23.8 Å². The van der Waals surface area contributed by atoms with Gasteiger partial charge in [0.15, 0.2) is 0 Å². The molecule has 1 aromatic rings. The van der Waals surface area contributed by atoms with Crippen molar-refractivity contribution in [3.8, 4) is 0 Å². The standard InChI is InChI=1S/C20H32N4O2/c1-2-3-9-21-14-16(25)15-23-10-12-24(13-11-23)19-6-4-5-18-17(19)7-8-20(26)22-18/h4-6,16,21,25H,2-3,7-15H2,1H3,(H,22,26)/t16-/m1/s1. The van der Waals surface area contributed by atoms with Gasteiger partial charge in [-0.05, 0) is 37.1 Å². The maximum atomic E-state index is 11.6. The first-order valence-corrected chi connectivity index (χ1v) is 9.95. The second-order valence-electron chi connectivity index (χ2n) is 7.35. The molecule has 0 aliphatic carbocycles. The molecular formula is C20H32N4O2. The zero-order valence-electron chi connectivity index (χ0n) is 15.8. The Labute approximate surface area is 156 Å². The number of hydrogen-bond acceptors (Lipinski definition) is 5. The zero-order valence-corrected chi connectivity index (χ0v) is 15.8. The van der Waals surface area contributed by atoms with Gasteiger partial charge in [-0.25, -0.2) is 0 Å². The van der Waals surface area contributed by atoms with Crippen molar-refractivity contribution in [2.45, 2.75) is 38.7 Å². The smallest absolute Gasteiger partial charge is 0.224 e. The molecule has 2 aliphatic heterocycles. The number of anilines is 2. The third-order valence-corrected chi connectivity index (χ3v) is 5.30. The number of benzene rings is 1. The fourth-order valence-corrected chi connectivity index (χ4v) is 3.81. The van der Waals surface area contributed by atoms with Crippen LogP contribution in [-0.2, 0) is 11.2 Å². The van der Waals surface area contributed by atoms with Gasteiger partial charge in [-0.1, -0.05) is 19.4 Å². The normalized spacial score (nSPS) is 19.2. The number of fused-ring (bicyclic) bond motifs is 1. The van der Waals surface area contributed by atoms with E-state index in [0.29, 0.717) is 13.0 Å². The van der Waals surface area contributed by atoms with Crippen molar-refractivity contribution in [2.75, 3.05) is 56.0 Å². The molecule has 2 aliphatic rings. The van der Waals surface area contributed by atoms with Crippen molar-refractivity contribution < 1.29 is 9.90 Å². The molecule has 144 valence electrons. The lowest BCUT2D eigenvalue weighted by Crippen LogP contribution is -2.50. The summed E-state index contributed by atoms with van der Waals surface area (Å²) in [7, 11) is 0.